The molecule has 1 saturated carbocycles. The summed E-state index contributed by atoms with van der Waals surface area (Å²) in [4.78, 5) is 2.72. The Morgan fingerprint density at radius 3 is 2.53 bits per heavy atom. The van der Waals surface area contributed by atoms with E-state index in [9.17, 15) is 0 Å². The van der Waals surface area contributed by atoms with Gasteiger partial charge in [0.15, 0.2) is 0 Å². The molecule has 1 aliphatic heterocycles. The van der Waals surface area contributed by atoms with Crippen LogP contribution in [0.1, 0.15) is 38.2 Å². The van der Waals surface area contributed by atoms with Gasteiger partial charge in [-0.05, 0) is 42.9 Å². The molecule has 0 aromatic heterocycles. The molecule has 1 aromatic rings. The lowest BCUT2D eigenvalue weighted by Gasteiger charge is -2.42. The summed E-state index contributed by atoms with van der Waals surface area (Å²) >= 11 is 3.49. The lowest BCUT2D eigenvalue weighted by molar-refractivity contribution is 0.101. The van der Waals surface area contributed by atoms with Crippen LogP contribution in [0.4, 0.5) is 0 Å². The van der Waals surface area contributed by atoms with Crippen molar-refractivity contribution in [2.45, 2.75) is 38.6 Å². The van der Waals surface area contributed by atoms with Gasteiger partial charge in [-0.2, -0.15) is 0 Å². The van der Waals surface area contributed by atoms with E-state index in [0.29, 0.717) is 5.92 Å². The summed E-state index contributed by atoms with van der Waals surface area (Å²) in [6.07, 6.45) is 7.94. The molecule has 0 radical (unpaired) electrons. The minimum absolute atomic E-state index is 0.706. The third-order valence-electron chi connectivity index (χ3n) is 4.64. The first-order valence-electron chi connectivity index (χ1n) is 7.42. The standard InChI is InChI=1S/C17H22BrN/c1-13-12-19(17-3-2-4-17)10-9-15(13)11-14-5-7-16(18)8-6-14/h5-8,11,13,17H,2-4,9-10,12H2,1H3. The number of nitrogens with zero attached hydrogens (tertiary/aromatic N) is 1. The molecule has 1 unspecified atom stereocenters. The summed E-state index contributed by atoms with van der Waals surface area (Å²) in [5.41, 5.74) is 2.96. The molecular weight excluding hydrogens is 298 g/mol. The van der Waals surface area contributed by atoms with Crippen molar-refractivity contribution in [3.05, 3.63) is 39.9 Å². The number of rotatable bonds is 2. The molecule has 1 aromatic carbocycles. The summed E-state index contributed by atoms with van der Waals surface area (Å²) in [6.45, 7) is 4.90. The van der Waals surface area contributed by atoms with Crippen LogP contribution in [0.5, 0.6) is 0 Å². The average molecular weight is 320 g/mol. The van der Waals surface area contributed by atoms with Crippen molar-refractivity contribution in [2.24, 2.45) is 5.92 Å². The van der Waals surface area contributed by atoms with Crippen LogP contribution in [0.25, 0.3) is 6.08 Å². The van der Waals surface area contributed by atoms with Crippen LogP contribution in [0.15, 0.2) is 34.3 Å². The van der Waals surface area contributed by atoms with Crippen molar-refractivity contribution in [3.8, 4) is 0 Å². The van der Waals surface area contributed by atoms with Crippen molar-refractivity contribution in [1.82, 2.24) is 4.90 Å². The third kappa shape index (κ3) is 3.11. The first-order chi connectivity index (χ1) is 9.22. The Balaban J connectivity index is 1.67. The molecule has 2 aliphatic rings. The van der Waals surface area contributed by atoms with Crippen molar-refractivity contribution in [2.75, 3.05) is 13.1 Å². The van der Waals surface area contributed by atoms with E-state index in [-0.39, 0.29) is 0 Å². The summed E-state index contributed by atoms with van der Waals surface area (Å²) in [5.74, 6) is 0.706. The van der Waals surface area contributed by atoms with Gasteiger partial charge in [-0.15, -0.1) is 0 Å². The zero-order valence-electron chi connectivity index (χ0n) is 11.6. The molecule has 0 bridgehead atoms. The summed E-state index contributed by atoms with van der Waals surface area (Å²) in [6, 6.07) is 9.54. The zero-order chi connectivity index (χ0) is 13.2. The van der Waals surface area contributed by atoms with Crippen LogP contribution in [-0.4, -0.2) is 24.0 Å². The number of hydrogen-bond acceptors (Lipinski definition) is 1. The van der Waals surface area contributed by atoms with Crippen LogP contribution in [0, 0.1) is 5.92 Å². The molecule has 1 heterocycles. The van der Waals surface area contributed by atoms with Crippen molar-refractivity contribution < 1.29 is 0 Å². The number of likely N-dealkylation sites (tertiary alicyclic amines) is 1. The lowest BCUT2D eigenvalue weighted by atomic mass is 9.85. The fourth-order valence-corrected chi connectivity index (χ4v) is 3.41. The Kier molecular flexibility index (Phi) is 4.09. The maximum Gasteiger partial charge on any atom is 0.0175 e. The second-order valence-electron chi connectivity index (χ2n) is 6.00. The Morgan fingerprint density at radius 1 is 1.21 bits per heavy atom. The molecule has 0 amide bonds. The number of benzene rings is 1. The molecule has 3 rings (SSSR count). The highest BCUT2D eigenvalue weighted by Gasteiger charge is 2.29. The molecule has 0 N–H and O–H groups in total. The van der Waals surface area contributed by atoms with E-state index in [2.05, 4.69) is 58.1 Å². The van der Waals surface area contributed by atoms with Gasteiger partial charge in [0, 0.05) is 23.6 Å². The van der Waals surface area contributed by atoms with Crippen LogP contribution < -0.4 is 0 Å². The molecule has 0 spiro atoms. The first kappa shape index (κ1) is 13.4. The van der Waals surface area contributed by atoms with Crippen LogP contribution >= 0.6 is 15.9 Å². The maximum atomic E-state index is 3.49. The third-order valence-corrected chi connectivity index (χ3v) is 5.17. The van der Waals surface area contributed by atoms with E-state index in [1.165, 1.54) is 44.3 Å². The highest BCUT2D eigenvalue weighted by molar-refractivity contribution is 9.10. The number of halogens is 1. The van der Waals surface area contributed by atoms with E-state index in [1.807, 2.05) is 0 Å². The fourth-order valence-electron chi connectivity index (χ4n) is 3.15. The summed E-state index contributed by atoms with van der Waals surface area (Å²) in [7, 11) is 0. The van der Waals surface area contributed by atoms with Gasteiger partial charge in [0.1, 0.15) is 0 Å². The molecule has 1 nitrogen and oxygen atoms in total. The Morgan fingerprint density at radius 2 is 1.95 bits per heavy atom. The Bertz CT molecular complexity index is 459. The van der Waals surface area contributed by atoms with Gasteiger partial charge >= 0.3 is 0 Å². The van der Waals surface area contributed by atoms with Gasteiger partial charge in [0.05, 0.1) is 0 Å². The van der Waals surface area contributed by atoms with Crippen LogP contribution in [0.2, 0.25) is 0 Å². The quantitative estimate of drug-likeness (QED) is 0.762. The number of piperidine rings is 1. The first-order valence-corrected chi connectivity index (χ1v) is 8.22. The van der Waals surface area contributed by atoms with Crippen molar-refractivity contribution in [1.29, 1.82) is 0 Å². The highest BCUT2D eigenvalue weighted by atomic mass is 79.9. The second kappa shape index (κ2) is 5.80. The van der Waals surface area contributed by atoms with Crippen LogP contribution in [-0.2, 0) is 0 Å². The molecule has 2 heteroatoms. The van der Waals surface area contributed by atoms with Gasteiger partial charge in [0.25, 0.3) is 0 Å². The van der Waals surface area contributed by atoms with Gasteiger partial charge in [-0.1, -0.05) is 53.1 Å². The molecule has 1 aliphatic carbocycles. The predicted molar refractivity (Wildman–Crippen MR) is 85.1 cm³/mol. The fraction of sp³-hybridized carbons (Fsp3) is 0.529. The van der Waals surface area contributed by atoms with Crippen LogP contribution in [0.3, 0.4) is 0 Å². The smallest absolute Gasteiger partial charge is 0.0175 e. The monoisotopic (exact) mass is 319 g/mol. The van der Waals surface area contributed by atoms with Crippen molar-refractivity contribution >= 4 is 22.0 Å². The van der Waals surface area contributed by atoms with Gasteiger partial charge in [-0.25, -0.2) is 0 Å². The van der Waals surface area contributed by atoms with Gasteiger partial charge in [0.2, 0.25) is 0 Å². The van der Waals surface area contributed by atoms with Crippen molar-refractivity contribution in [3.63, 3.8) is 0 Å². The highest BCUT2D eigenvalue weighted by Crippen LogP contribution is 2.32. The van der Waals surface area contributed by atoms with E-state index in [4.69, 9.17) is 0 Å². The molecule has 102 valence electrons. The normalized spacial score (nSPS) is 27.5. The SMILES string of the molecule is CC1CN(C2CCC2)CCC1=Cc1ccc(Br)cc1. The summed E-state index contributed by atoms with van der Waals surface area (Å²) < 4.78 is 1.16. The molecular formula is C17H22BrN. The largest absolute Gasteiger partial charge is 0.299 e. The minimum atomic E-state index is 0.706. The topological polar surface area (TPSA) is 3.24 Å². The molecule has 2 fully saturated rings. The van der Waals surface area contributed by atoms with Gasteiger partial charge in [-0.3, -0.25) is 4.90 Å². The average Bonchev–Trinajstić information content (AvgIpc) is 2.33. The zero-order valence-corrected chi connectivity index (χ0v) is 13.2. The van der Waals surface area contributed by atoms with E-state index in [1.54, 1.807) is 5.57 Å². The molecule has 1 atom stereocenters. The van der Waals surface area contributed by atoms with E-state index >= 15 is 0 Å². The Hall–Kier alpha value is -0.600. The Labute approximate surface area is 124 Å². The second-order valence-corrected chi connectivity index (χ2v) is 6.92. The molecule has 1 saturated heterocycles. The lowest BCUT2D eigenvalue weighted by Crippen LogP contribution is -2.46. The number of hydrogen-bond donors (Lipinski definition) is 0. The maximum absolute atomic E-state index is 3.49. The van der Waals surface area contributed by atoms with Gasteiger partial charge < -0.3 is 0 Å². The van der Waals surface area contributed by atoms with E-state index < -0.39 is 0 Å². The summed E-state index contributed by atoms with van der Waals surface area (Å²) in [5, 5.41) is 0. The predicted octanol–water partition coefficient (Wildman–Crippen LogP) is 4.73. The minimum Gasteiger partial charge on any atom is -0.299 e. The molecule has 19 heavy (non-hydrogen) atoms. The van der Waals surface area contributed by atoms with E-state index in [0.717, 1.165) is 10.5 Å².